The lowest BCUT2D eigenvalue weighted by Crippen LogP contribution is -2.10. The molecule has 2 nitrogen and oxygen atoms in total. The smallest absolute Gasteiger partial charge is 0.119 e. The molecule has 0 heterocycles. The first-order valence-electron chi connectivity index (χ1n) is 6.73. The molecule has 0 bridgehead atoms. The van der Waals surface area contributed by atoms with E-state index >= 15 is 0 Å². The summed E-state index contributed by atoms with van der Waals surface area (Å²) in [5.74, 6) is 0.995. The second-order valence-corrected chi connectivity index (χ2v) is 4.41. The Balaban J connectivity index is 2.20. The summed E-state index contributed by atoms with van der Waals surface area (Å²) < 4.78 is 5.70. The molecule has 0 saturated carbocycles. The highest BCUT2D eigenvalue weighted by atomic mass is 16.5. The van der Waals surface area contributed by atoms with Gasteiger partial charge in [-0.1, -0.05) is 38.3 Å². The van der Waals surface area contributed by atoms with Gasteiger partial charge in [0.1, 0.15) is 5.75 Å². The van der Waals surface area contributed by atoms with Crippen molar-refractivity contribution in [2.75, 3.05) is 20.2 Å². The molecule has 0 aliphatic carbocycles. The molecule has 17 heavy (non-hydrogen) atoms. The Morgan fingerprint density at radius 3 is 2.47 bits per heavy atom. The summed E-state index contributed by atoms with van der Waals surface area (Å²) in [5, 5.41) is 3.15. The van der Waals surface area contributed by atoms with Crippen molar-refractivity contribution >= 4 is 0 Å². The molecule has 0 unspecified atom stereocenters. The van der Waals surface area contributed by atoms with Gasteiger partial charge in [0.2, 0.25) is 0 Å². The molecule has 2 heteroatoms. The zero-order valence-electron chi connectivity index (χ0n) is 11.2. The molecular weight excluding hydrogens is 210 g/mol. The van der Waals surface area contributed by atoms with Crippen LogP contribution < -0.4 is 10.1 Å². The van der Waals surface area contributed by atoms with Crippen molar-refractivity contribution in [3.63, 3.8) is 0 Å². The minimum absolute atomic E-state index is 0.843. The summed E-state index contributed by atoms with van der Waals surface area (Å²) in [6.45, 7) is 4.10. The SMILES string of the molecule is CCCCCCOc1ccc(CCNC)cc1. The number of ether oxygens (including phenoxy) is 1. The van der Waals surface area contributed by atoms with E-state index in [9.17, 15) is 0 Å². The lowest BCUT2D eigenvalue weighted by Gasteiger charge is -2.07. The van der Waals surface area contributed by atoms with Gasteiger partial charge in [0.25, 0.3) is 0 Å². The van der Waals surface area contributed by atoms with Gasteiger partial charge < -0.3 is 10.1 Å². The van der Waals surface area contributed by atoms with Gasteiger partial charge >= 0.3 is 0 Å². The first kappa shape index (κ1) is 14.0. The Bertz CT molecular complexity index is 281. The van der Waals surface area contributed by atoms with Crippen molar-refractivity contribution in [3.05, 3.63) is 29.8 Å². The third kappa shape index (κ3) is 6.32. The fourth-order valence-corrected chi connectivity index (χ4v) is 1.74. The van der Waals surface area contributed by atoms with Gasteiger partial charge in [-0.3, -0.25) is 0 Å². The Hall–Kier alpha value is -1.02. The number of hydrogen-bond donors (Lipinski definition) is 1. The lowest BCUT2D eigenvalue weighted by molar-refractivity contribution is 0.305. The van der Waals surface area contributed by atoms with Crippen LogP contribution in [-0.2, 0) is 6.42 Å². The highest BCUT2D eigenvalue weighted by Gasteiger charge is 1.95. The summed E-state index contributed by atoms with van der Waals surface area (Å²) >= 11 is 0. The van der Waals surface area contributed by atoms with Crippen LogP contribution in [0.25, 0.3) is 0 Å². The van der Waals surface area contributed by atoms with Gasteiger partial charge in [-0.05, 0) is 44.1 Å². The van der Waals surface area contributed by atoms with Gasteiger partial charge in [-0.15, -0.1) is 0 Å². The van der Waals surface area contributed by atoms with Crippen molar-refractivity contribution < 1.29 is 4.74 Å². The van der Waals surface area contributed by atoms with E-state index in [-0.39, 0.29) is 0 Å². The summed E-state index contributed by atoms with van der Waals surface area (Å²) in [7, 11) is 1.98. The maximum Gasteiger partial charge on any atom is 0.119 e. The molecule has 0 spiro atoms. The van der Waals surface area contributed by atoms with Gasteiger partial charge in [0.05, 0.1) is 6.61 Å². The minimum Gasteiger partial charge on any atom is -0.494 e. The van der Waals surface area contributed by atoms with E-state index in [0.29, 0.717) is 0 Å². The predicted octanol–water partition coefficient (Wildman–Crippen LogP) is 3.41. The van der Waals surface area contributed by atoms with Crippen molar-refractivity contribution in [1.82, 2.24) is 5.32 Å². The monoisotopic (exact) mass is 235 g/mol. The second kappa shape index (κ2) is 9.06. The molecule has 1 aromatic carbocycles. The first-order chi connectivity index (χ1) is 8.36. The number of benzene rings is 1. The van der Waals surface area contributed by atoms with E-state index in [4.69, 9.17) is 4.74 Å². The van der Waals surface area contributed by atoms with Crippen LogP contribution >= 0.6 is 0 Å². The van der Waals surface area contributed by atoms with E-state index in [0.717, 1.165) is 31.7 Å². The van der Waals surface area contributed by atoms with Crippen molar-refractivity contribution in [3.8, 4) is 5.75 Å². The molecule has 0 aliphatic heterocycles. The third-order valence-corrected chi connectivity index (χ3v) is 2.85. The topological polar surface area (TPSA) is 21.3 Å². The van der Waals surface area contributed by atoms with Gasteiger partial charge in [0, 0.05) is 0 Å². The quantitative estimate of drug-likeness (QED) is 0.662. The summed E-state index contributed by atoms with van der Waals surface area (Å²) in [6, 6.07) is 8.45. The molecule has 0 amide bonds. The van der Waals surface area contributed by atoms with Crippen LogP contribution in [0.2, 0.25) is 0 Å². The molecule has 1 aromatic rings. The standard InChI is InChI=1S/C15H25NO/c1-3-4-5-6-13-17-15-9-7-14(8-10-15)11-12-16-2/h7-10,16H,3-6,11-13H2,1-2H3. The van der Waals surface area contributed by atoms with Crippen LogP contribution in [-0.4, -0.2) is 20.2 Å². The summed E-state index contributed by atoms with van der Waals surface area (Å²) in [6.07, 6.45) is 6.10. The highest BCUT2D eigenvalue weighted by Crippen LogP contribution is 2.13. The van der Waals surface area contributed by atoms with Crippen LogP contribution in [0.15, 0.2) is 24.3 Å². The maximum atomic E-state index is 5.70. The third-order valence-electron chi connectivity index (χ3n) is 2.85. The van der Waals surface area contributed by atoms with Crippen LogP contribution in [0, 0.1) is 0 Å². The summed E-state index contributed by atoms with van der Waals surface area (Å²) in [4.78, 5) is 0. The van der Waals surface area contributed by atoms with Crippen molar-refractivity contribution in [2.24, 2.45) is 0 Å². The average molecular weight is 235 g/mol. The Morgan fingerprint density at radius 2 is 1.82 bits per heavy atom. The largest absolute Gasteiger partial charge is 0.494 e. The van der Waals surface area contributed by atoms with Crippen LogP contribution in [0.1, 0.15) is 38.2 Å². The number of unbranched alkanes of at least 4 members (excludes halogenated alkanes) is 3. The minimum atomic E-state index is 0.843. The predicted molar refractivity (Wildman–Crippen MR) is 73.7 cm³/mol. The first-order valence-corrected chi connectivity index (χ1v) is 6.73. The lowest BCUT2D eigenvalue weighted by atomic mass is 10.1. The van der Waals surface area contributed by atoms with Gasteiger partial charge in [-0.2, -0.15) is 0 Å². The zero-order chi connectivity index (χ0) is 12.3. The number of rotatable bonds is 9. The Morgan fingerprint density at radius 1 is 1.06 bits per heavy atom. The fourth-order valence-electron chi connectivity index (χ4n) is 1.74. The Kier molecular flexibility index (Phi) is 7.48. The molecule has 1 rings (SSSR count). The van der Waals surface area contributed by atoms with Crippen molar-refractivity contribution in [1.29, 1.82) is 0 Å². The molecular formula is C15H25NO. The van der Waals surface area contributed by atoms with E-state index < -0.39 is 0 Å². The Labute approximate surface area is 105 Å². The maximum absolute atomic E-state index is 5.70. The molecule has 0 aromatic heterocycles. The number of nitrogens with one attached hydrogen (secondary N) is 1. The molecule has 96 valence electrons. The van der Waals surface area contributed by atoms with Crippen LogP contribution in [0.3, 0.4) is 0 Å². The van der Waals surface area contributed by atoms with E-state index in [1.54, 1.807) is 0 Å². The molecule has 0 saturated heterocycles. The van der Waals surface area contributed by atoms with E-state index in [1.807, 2.05) is 7.05 Å². The summed E-state index contributed by atoms with van der Waals surface area (Å²) in [5.41, 5.74) is 1.36. The molecule has 1 N–H and O–H groups in total. The molecule has 0 fully saturated rings. The van der Waals surface area contributed by atoms with Gasteiger partial charge in [0.15, 0.2) is 0 Å². The van der Waals surface area contributed by atoms with Crippen LogP contribution in [0.5, 0.6) is 5.75 Å². The van der Waals surface area contributed by atoms with Crippen molar-refractivity contribution in [2.45, 2.75) is 39.0 Å². The van der Waals surface area contributed by atoms with E-state index in [1.165, 1.54) is 24.8 Å². The molecule has 0 aliphatic rings. The normalized spacial score (nSPS) is 10.5. The highest BCUT2D eigenvalue weighted by molar-refractivity contribution is 5.27. The molecule has 0 atom stereocenters. The second-order valence-electron chi connectivity index (χ2n) is 4.41. The average Bonchev–Trinajstić information content (AvgIpc) is 2.37. The fraction of sp³-hybridized carbons (Fsp3) is 0.600. The van der Waals surface area contributed by atoms with Crippen LogP contribution in [0.4, 0.5) is 0 Å². The number of likely N-dealkylation sites (N-methyl/N-ethyl adjacent to an activating group) is 1. The zero-order valence-corrected chi connectivity index (χ0v) is 11.2. The van der Waals surface area contributed by atoms with Gasteiger partial charge in [-0.25, -0.2) is 0 Å². The molecule has 0 radical (unpaired) electrons. The van der Waals surface area contributed by atoms with E-state index in [2.05, 4.69) is 36.5 Å². The number of hydrogen-bond acceptors (Lipinski definition) is 2.